The molecule has 1 aliphatic rings. The van der Waals surface area contributed by atoms with Crippen LogP contribution < -0.4 is 0 Å². The van der Waals surface area contributed by atoms with Crippen molar-refractivity contribution in [2.75, 3.05) is 26.2 Å². The quantitative estimate of drug-likeness (QED) is 0.589. The fraction of sp³-hybridized carbons (Fsp3) is 0.562. The van der Waals surface area contributed by atoms with Crippen molar-refractivity contribution in [3.8, 4) is 0 Å². The van der Waals surface area contributed by atoms with E-state index < -0.39 is 0 Å². The zero-order valence-electron chi connectivity index (χ0n) is 11.6. The summed E-state index contributed by atoms with van der Waals surface area (Å²) in [5.41, 5.74) is 2.08. The number of likely N-dealkylation sites (tertiary alicyclic amines) is 1. The van der Waals surface area contributed by atoms with Gasteiger partial charge in [-0.05, 0) is 33.1 Å². The van der Waals surface area contributed by atoms with E-state index in [1.54, 1.807) is 0 Å². The molecule has 0 atom stereocenters. The summed E-state index contributed by atoms with van der Waals surface area (Å²) in [6.07, 6.45) is 3.88. The molecule has 0 aromatic heterocycles. The van der Waals surface area contributed by atoms with Crippen LogP contribution in [0.25, 0.3) is 0 Å². The summed E-state index contributed by atoms with van der Waals surface area (Å²) in [6.45, 7) is 8.38. The number of hydrogen-bond donors (Lipinski definition) is 0. The van der Waals surface area contributed by atoms with Gasteiger partial charge in [0.1, 0.15) is 6.54 Å². The lowest BCUT2D eigenvalue weighted by Crippen LogP contribution is -2.54. The highest BCUT2D eigenvalue weighted by Gasteiger charge is 2.30. The number of likely N-dealkylation sites (N-methyl/N-ethyl adjacent to an activating group) is 1. The van der Waals surface area contributed by atoms with Gasteiger partial charge in [-0.3, -0.25) is 4.79 Å². The van der Waals surface area contributed by atoms with Crippen molar-refractivity contribution in [1.29, 1.82) is 0 Å². The minimum absolute atomic E-state index is 0.304. The third-order valence-electron chi connectivity index (χ3n) is 4.29. The Kier molecular flexibility index (Phi) is 4.18. The Morgan fingerprint density at radius 2 is 1.72 bits per heavy atom. The zero-order valence-corrected chi connectivity index (χ0v) is 11.6. The Hall–Kier alpha value is -1.15. The van der Waals surface area contributed by atoms with Gasteiger partial charge in [-0.1, -0.05) is 29.8 Å². The average molecular weight is 246 g/mol. The lowest BCUT2D eigenvalue weighted by Gasteiger charge is -2.40. The van der Waals surface area contributed by atoms with Gasteiger partial charge in [0, 0.05) is 5.56 Å². The molecule has 0 aliphatic carbocycles. The summed E-state index contributed by atoms with van der Waals surface area (Å²) in [5.74, 6) is 0.304. The maximum Gasteiger partial charge on any atom is 0.216 e. The monoisotopic (exact) mass is 246 g/mol. The maximum atomic E-state index is 12.4. The number of piperidine rings is 1. The number of carbonyl (C=O) groups is 1. The number of nitrogens with zero attached hydrogens (tertiary/aromatic N) is 1. The summed E-state index contributed by atoms with van der Waals surface area (Å²) in [6, 6.07) is 7.99. The Morgan fingerprint density at radius 1 is 1.11 bits per heavy atom. The van der Waals surface area contributed by atoms with E-state index in [0.29, 0.717) is 12.3 Å². The predicted octanol–water partition coefficient (Wildman–Crippen LogP) is 3.20. The van der Waals surface area contributed by atoms with Crippen molar-refractivity contribution in [3.05, 3.63) is 35.4 Å². The van der Waals surface area contributed by atoms with Crippen LogP contribution in [0.2, 0.25) is 0 Å². The molecule has 0 spiro atoms. The number of hydrogen-bond acceptors (Lipinski definition) is 1. The molecule has 1 aromatic rings. The summed E-state index contributed by atoms with van der Waals surface area (Å²) in [5, 5.41) is 0. The van der Waals surface area contributed by atoms with Crippen molar-refractivity contribution in [3.63, 3.8) is 0 Å². The summed E-state index contributed by atoms with van der Waals surface area (Å²) >= 11 is 0. The Labute approximate surface area is 110 Å². The van der Waals surface area contributed by atoms with Gasteiger partial charge in [0.05, 0.1) is 19.6 Å². The molecule has 1 aromatic carbocycles. The number of benzene rings is 1. The molecule has 1 aliphatic heterocycles. The topological polar surface area (TPSA) is 17.1 Å². The number of Topliss-reactive ketones (excluding diaryl/α,β-unsaturated/α-hetero) is 1. The van der Waals surface area contributed by atoms with Crippen LogP contribution in [0.1, 0.15) is 42.1 Å². The average Bonchev–Trinajstić information content (AvgIpc) is 2.40. The minimum atomic E-state index is 0.304. The molecular weight excluding hydrogens is 222 g/mol. The number of carbonyl (C=O) groups excluding carboxylic acids is 1. The van der Waals surface area contributed by atoms with Crippen LogP contribution in [0.15, 0.2) is 24.3 Å². The summed E-state index contributed by atoms with van der Waals surface area (Å²) < 4.78 is 0.993. The third-order valence-corrected chi connectivity index (χ3v) is 4.29. The zero-order chi connectivity index (χ0) is 13.0. The van der Waals surface area contributed by atoms with Crippen molar-refractivity contribution in [1.82, 2.24) is 0 Å². The highest BCUT2D eigenvalue weighted by atomic mass is 16.1. The first-order valence-electron chi connectivity index (χ1n) is 7.10. The van der Waals surface area contributed by atoms with E-state index >= 15 is 0 Å². The van der Waals surface area contributed by atoms with E-state index in [9.17, 15) is 4.79 Å². The van der Waals surface area contributed by atoms with Gasteiger partial charge >= 0.3 is 0 Å². The Bertz CT molecular complexity index is 402. The van der Waals surface area contributed by atoms with Gasteiger partial charge in [-0.15, -0.1) is 0 Å². The minimum Gasteiger partial charge on any atom is -0.317 e. The molecule has 0 saturated carbocycles. The molecule has 0 bridgehead atoms. The molecule has 18 heavy (non-hydrogen) atoms. The second-order valence-electron chi connectivity index (χ2n) is 5.61. The van der Waals surface area contributed by atoms with E-state index in [4.69, 9.17) is 0 Å². The first kappa shape index (κ1) is 13.3. The predicted molar refractivity (Wildman–Crippen MR) is 74.8 cm³/mol. The number of rotatable bonds is 4. The highest BCUT2D eigenvalue weighted by molar-refractivity contribution is 5.97. The first-order chi connectivity index (χ1) is 8.65. The fourth-order valence-corrected chi connectivity index (χ4v) is 2.90. The third kappa shape index (κ3) is 2.99. The van der Waals surface area contributed by atoms with E-state index in [-0.39, 0.29) is 0 Å². The van der Waals surface area contributed by atoms with E-state index in [1.165, 1.54) is 37.9 Å². The number of ketones is 1. The van der Waals surface area contributed by atoms with Crippen molar-refractivity contribution < 1.29 is 9.28 Å². The van der Waals surface area contributed by atoms with Crippen LogP contribution >= 0.6 is 0 Å². The van der Waals surface area contributed by atoms with E-state index in [0.717, 1.165) is 16.6 Å². The maximum absolute atomic E-state index is 12.4. The lowest BCUT2D eigenvalue weighted by atomic mass is 10.0. The van der Waals surface area contributed by atoms with Crippen LogP contribution in [0.3, 0.4) is 0 Å². The normalized spacial score (nSPS) is 18.6. The summed E-state index contributed by atoms with van der Waals surface area (Å²) in [4.78, 5) is 12.4. The first-order valence-corrected chi connectivity index (χ1v) is 7.10. The fourth-order valence-electron chi connectivity index (χ4n) is 2.90. The van der Waals surface area contributed by atoms with Crippen LogP contribution in [-0.2, 0) is 0 Å². The molecule has 1 fully saturated rings. The van der Waals surface area contributed by atoms with Crippen molar-refractivity contribution in [2.45, 2.75) is 33.1 Å². The Balaban J connectivity index is 2.07. The van der Waals surface area contributed by atoms with Gasteiger partial charge in [0.2, 0.25) is 5.78 Å². The lowest BCUT2D eigenvalue weighted by molar-refractivity contribution is -0.923. The number of aryl methyl sites for hydroxylation is 1. The van der Waals surface area contributed by atoms with Crippen LogP contribution in [0.5, 0.6) is 0 Å². The largest absolute Gasteiger partial charge is 0.317 e. The second kappa shape index (κ2) is 5.66. The highest BCUT2D eigenvalue weighted by Crippen LogP contribution is 2.19. The molecule has 1 saturated heterocycles. The standard InChI is InChI=1S/C16H24NO/c1-3-17(11-5-4-6-12-17)13-16(18)15-9-7-14(2)8-10-15/h7-10H,3-6,11-13H2,1-2H3/q+1. The van der Waals surface area contributed by atoms with Gasteiger partial charge in [0.15, 0.2) is 0 Å². The SMILES string of the molecule is CC[N+]1(CC(=O)c2ccc(C)cc2)CCCCC1. The number of quaternary nitrogens is 1. The molecule has 98 valence electrons. The molecule has 2 nitrogen and oxygen atoms in total. The van der Waals surface area contributed by atoms with Gasteiger partial charge in [-0.2, -0.15) is 0 Å². The van der Waals surface area contributed by atoms with Crippen molar-refractivity contribution >= 4 is 5.78 Å². The molecule has 0 amide bonds. The Morgan fingerprint density at radius 3 is 2.28 bits per heavy atom. The van der Waals surface area contributed by atoms with Crippen LogP contribution in [0, 0.1) is 6.92 Å². The van der Waals surface area contributed by atoms with Gasteiger partial charge in [0.25, 0.3) is 0 Å². The van der Waals surface area contributed by atoms with E-state index in [1.807, 2.05) is 24.3 Å². The summed E-state index contributed by atoms with van der Waals surface area (Å²) in [7, 11) is 0. The second-order valence-corrected chi connectivity index (χ2v) is 5.61. The molecule has 0 radical (unpaired) electrons. The molecular formula is C16H24NO+. The molecule has 1 heterocycles. The van der Waals surface area contributed by atoms with Crippen LogP contribution in [0.4, 0.5) is 0 Å². The van der Waals surface area contributed by atoms with Gasteiger partial charge < -0.3 is 4.48 Å². The smallest absolute Gasteiger partial charge is 0.216 e. The van der Waals surface area contributed by atoms with E-state index in [2.05, 4.69) is 13.8 Å². The molecule has 0 unspecified atom stereocenters. The van der Waals surface area contributed by atoms with Crippen LogP contribution in [-0.4, -0.2) is 36.4 Å². The van der Waals surface area contributed by atoms with Gasteiger partial charge in [-0.25, -0.2) is 0 Å². The molecule has 0 N–H and O–H groups in total. The molecule has 2 heteroatoms. The molecule has 2 rings (SSSR count). The van der Waals surface area contributed by atoms with Crippen molar-refractivity contribution in [2.24, 2.45) is 0 Å².